The summed E-state index contributed by atoms with van der Waals surface area (Å²) in [5.41, 5.74) is 1.11. The van der Waals surface area contributed by atoms with Gasteiger partial charge in [0.25, 0.3) is 0 Å². The van der Waals surface area contributed by atoms with E-state index in [1.54, 1.807) is 27.7 Å². The standard InChI is InChI=1S/C13H18N2O4/c1-6-8(7(2)19-15-6)5-14-11(16)9-10(12(17)18)13(9,3)4/h9-10H,5H2,1-4H3,(H,14,16)(H,17,18). The quantitative estimate of drug-likeness (QED) is 0.856. The Bertz CT molecular complexity index is 513. The maximum Gasteiger partial charge on any atom is 0.307 e. The van der Waals surface area contributed by atoms with E-state index in [9.17, 15) is 9.59 Å². The van der Waals surface area contributed by atoms with Gasteiger partial charge in [-0.3, -0.25) is 9.59 Å². The van der Waals surface area contributed by atoms with Crippen molar-refractivity contribution in [3.8, 4) is 0 Å². The molecule has 1 saturated carbocycles. The van der Waals surface area contributed by atoms with Gasteiger partial charge in [-0.2, -0.15) is 0 Å². The molecule has 0 aliphatic heterocycles. The molecule has 0 saturated heterocycles. The molecule has 0 aromatic carbocycles. The zero-order valence-electron chi connectivity index (χ0n) is 11.5. The average Bonchev–Trinajstić information content (AvgIpc) is 2.75. The summed E-state index contributed by atoms with van der Waals surface area (Å²) in [6.45, 7) is 7.50. The molecule has 104 valence electrons. The normalized spacial score (nSPS) is 24.0. The highest BCUT2D eigenvalue weighted by atomic mass is 16.5. The van der Waals surface area contributed by atoms with Crippen LogP contribution in [-0.2, 0) is 16.1 Å². The second-order valence-electron chi connectivity index (χ2n) is 5.64. The molecule has 1 aromatic heterocycles. The van der Waals surface area contributed by atoms with Crippen LogP contribution in [0.3, 0.4) is 0 Å². The van der Waals surface area contributed by atoms with Crippen molar-refractivity contribution in [2.24, 2.45) is 17.3 Å². The molecule has 1 aromatic rings. The molecular weight excluding hydrogens is 248 g/mol. The van der Waals surface area contributed by atoms with Gasteiger partial charge in [0.1, 0.15) is 5.76 Å². The van der Waals surface area contributed by atoms with E-state index >= 15 is 0 Å². The van der Waals surface area contributed by atoms with Crippen LogP contribution in [-0.4, -0.2) is 22.1 Å². The number of carboxylic acids is 1. The number of hydrogen-bond acceptors (Lipinski definition) is 4. The minimum absolute atomic E-state index is 0.225. The summed E-state index contributed by atoms with van der Waals surface area (Å²) in [7, 11) is 0. The number of carboxylic acid groups (broad SMARTS) is 1. The highest BCUT2D eigenvalue weighted by molar-refractivity contribution is 5.91. The van der Waals surface area contributed by atoms with E-state index in [0.717, 1.165) is 11.3 Å². The van der Waals surface area contributed by atoms with Crippen LogP contribution in [0.2, 0.25) is 0 Å². The minimum Gasteiger partial charge on any atom is -0.481 e. The number of aromatic nitrogens is 1. The highest BCUT2D eigenvalue weighted by Gasteiger charge is 2.65. The molecule has 1 aliphatic rings. The molecular formula is C13H18N2O4. The zero-order chi connectivity index (χ0) is 14.4. The molecule has 6 heteroatoms. The van der Waals surface area contributed by atoms with Gasteiger partial charge >= 0.3 is 5.97 Å². The minimum atomic E-state index is -0.914. The third-order valence-electron chi connectivity index (χ3n) is 4.00. The number of hydrogen-bond donors (Lipinski definition) is 2. The summed E-state index contributed by atoms with van der Waals surface area (Å²) in [5, 5.41) is 15.6. The van der Waals surface area contributed by atoms with Crippen LogP contribution in [0.5, 0.6) is 0 Å². The maximum atomic E-state index is 12.0. The van der Waals surface area contributed by atoms with Crippen molar-refractivity contribution < 1.29 is 19.2 Å². The number of carbonyl (C=O) groups is 2. The van der Waals surface area contributed by atoms with Gasteiger partial charge in [0.05, 0.1) is 17.5 Å². The largest absolute Gasteiger partial charge is 0.481 e. The first-order valence-electron chi connectivity index (χ1n) is 6.19. The summed E-state index contributed by atoms with van der Waals surface area (Å²) in [6, 6.07) is 0. The molecule has 0 radical (unpaired) electrons. The molecule has 19 heavy (non-hydrogen) atoms. The molecule has 6 nitrogen and oxygen atoms in total. The van der Waals surface area contributed by atoms with Crippen LogP contribution in [0.4, 0.5) is 0 Å². The molecule has 1 amide bonds. The fourth-order valence-corrected chi connectivity index (χ4v) is 2.63. The van der Waals surface area contributed by atoms with Gasteiger partial charge in [0.15, 0.2) is 0 Å². The van der Waals surface area contributed by atoms with Gasteiger partial charge < -0.3 is 14.9 Å². The van der Waals surface area contributed by atoms with Crippen LogP contribution < -0.4 is 5.32 Å². The van der Waals surface area contributed by atoms with Gasteiger partial charge in [-0.1, -0.05) is 19.0 Å². The number of nitrogens with one attached hydrogen (secondary N) is 1. The number of aryl methyl sites for hydroxylation is 2. The summed E-state index contributed by atoms with van der Waals surface area (Å²) in [4.78, 5) is 23.1. The molecule has 1 fully saturated rings. The Morgan fingerprint density at radius 3 is 2.42 bits per heavy atom. The lowest BCUT2D eigenvalue weighted by Gasteiger charge is -2.05. The lowest BCUT2D eigenvalue weighted by atomic mass is 10.1. The Labute approximate surface area is 111 Å². The first-order chi connectivity index (χ1) is 8.76. The number of rotatable bonds is 4. The van der Waals surface area contributed by atoms with Crippen molar-refractivity contribution in [3.05, 3.63) is 17.0 Å². The summed E-state index contributed by atoms with van der Waals surface area (Å²) in [5.74, 6) is -1.54. The Morgan fingerprint density at radius 1 is 1.37 bits per heavy atom. The van der Waals surface area contributed by atoms with Gasteiger partial charge in [-0.15, -0.1) is 0 Å². The highest BCUT2D eigenvalue weighted by Crippen LogP contribution is 2.58. The van der Waals surface area contributed by atoms with Crippen molar-refractivity contribution in [1.29, 1.82) is 0 Å². The first kappa shape index (κ1) is 13.6. The van der Waals surface area contributed by atoms with E-state index < -0.39 is 23.2 Å². The Kier molecular flexibility index (Phi) is 3.12. The van der Waals surface area contributed by atoms with Crippen molar-refractivity contribution >= 4 is 11.9 Å². The molecule has 2 atom stereocenters. The van der Waals surface area contributed by atoms with Crippen LogP contribution in [0.25, 0.3) is 0 Å². The Morgan fingerprint density at radius 2 is 2.00 bits per heavy atom. The molecule has 2 unspecified atom stereocenters. The maximum absolute atomic E-state index is 12.0. The number of nitrogens with zero attached hydrogens (tertiary/aromatic N) is 1. The fourth-order valence-electron chi connectivity index (χ4n) is 2.63. The molecule has 0 bridgehead atoms. The van der Waals surface area contributed by atoms with Gasteiger partial charge in [0, 0.05) is 12.1 Å². The molecule has 1 aliphatic carbocycles. The van der Waals surface area contributed by atoms with E-state index in [1.165, 1.54) is 0 Å². The fraction of sp³-hybridized carbons (Fsp3) is 0.615. The predicted octanol–water partition coefficient (Wildman–Crippen LogP) is 1.26. The third kappa shape index (κ3) is 2.22. The third-order valence-corrected chi connectivity index (χ3v) is 4.00. The van der Waals surface area contributed by atoms with Crippen LogP contribution in [0, 0.1) is 31.1 Å². The second-order valence-corrected chi connectivity index (χ2v) is 5.64. The number of carbonyl (C=O) groups excluding carboxylic acids is 1. The first-order valence-corrected chi connectivity index (χ1v) is 6.19. The van der Waals surface area contributed by atoms with Crippen molar-refractivity contribution in [2.75, 3.05) is 0 Å². The smallest absolute Gasteiger partial charge is 0.307 e. The van der Waals surface area contributed by atoms with E-state index in [1.807, 2.05) is 0 Å². The molecule has 0 spiro atoms. The SMILES string of the molecule is Cc1noc(C)c1CNC(=O)C1C(C(=O)O)C1(C)C. The summed E-state index contributed by atoms with van der Waals surface area (Å²) < 4.78 is 5.01. The predicted molar refractivity (Wildman–Crippen MR) is 66.2 cm³/mol. The molecule has 1 heterocycles. The number of amides is 1. The Balaban J connectivity index is 1.99. The number of aliphatic carboxylic acids is 1. The van der Waals surface area contributed by atoms with Gasteiger partial charge in [0.2, 0.25) is 5.91 Å². The van der Waals surface area contributed by atoms with E-state index in [4.69, 9.17) is 9.63 Å². The van der Waals surface area contributed by atoms with E-state index in [-0.39, 0.29) is 5.91 Å². The molecule has 2 N–H and O–H groups in total. The van der Waals surface area contributed by atoms with Crippen molar-refractivity contribution in [3.63, 3.8) is 0 Å². The Hall–Kier alpha value is -1.85. The monoisotopic (exact) mass is 266 g/mol. The topological polar surface area (TPSA) is 92.4 Å². The van der Waals surface area contributed by atoms with Gasteiger partial charge in [-0.25, -0.2) is 0 Å². The van der Waals surface area contributed by atoms with Crippen LogP contribution >= 0.6 is 0 Å². The summed E-state index contributed by atoms with van der Waals surface area (Å²) in [6.07, 6.45) is 0. The van der Waals surface area contributed by atoms with E-state index in [0.29, 0.717) is 12.3 Å². The lowest BCUT2D eigenvalue weighted by molar-refractivity contribution is -0.140. The average molecular weight is 266 g/mol. The zero-order valence-corrected chi connectivity index (χ0v) is 11.5. The van der Waals surface area contributed by atoms with Gasteiger partial charge in [-0.05, 0) is 19.3 Å². The van der Waals surface area contributed by atoms with Crippen LogP contribution in [0.1, 0.15) is 30.9 Å². The van der Waals surface area contributed by atoms with Crippen LogP contribution in [0.15, 0.2) is 4.52 Å². The van der Waals surface area contributed by atoms with E-state index in [2.05, 4.69) is 10.5 Å². The molecule has 2 rings (SSSR count). The lowest BCUT2D eigenvalue weighted by Crippen LogP contribution is -2.27. The van der Waals surface area contributed by atoms with Crippen molar-refractivity contribution in [2.45, 2.75) is 34.2 Å². The summed E-state index contributed by atoms with van der Waals surface area (Å²) >= 11 is 0. The second kappa shape index (κ2) is 4.36. The van der Waals surface area contributed by atoms with Crippen molar-refractivity contribution in [1.82, 2.24) is 10.5 Å².